The molecule has 1 saturated carbocycles. The Hall–Kier alpha value is -1.88. The second kappa shape index (κ2) is 6.26. The highest BCUT2D eigenvalue weighted by atomic mass is 16.2. The zero-order valence-electron chi connectivity index (χ0n) is 12.0. The maximum atomic E-state index is 11.9. The smallest absolute Gasteiger partial charge is 0.251 e. The van der Waals surface area contributed by atoms with Gasteiger partial charge in [-0.25, -0.2) is 0 Å². The zero-order chi connectivity index (χ0) is 14.7. The van der Waals surface area contributed by atoms with Crippen molar-refractivity contribution in [3.05, 3.63) is 29.8 Å². The lowest BCUT2D eigenvalue weighted by Gasteiger charge is -2.11. The molecule has 0 aromatic heterocycles. The van der Waals surface area contributed by atoms with Crippen LogP contribution in [0.5, 0.6) is 0 Å². The summed E-state index contributed by atoms with van der Waals surface area (Å²) in [5, 5.41) is 9.13. The Bertz CT molecular complexity index is 517. The van der Waals surface area contributed by atoms with Gasteiger partial charge < -0.3 is 16.0 Å². The molecular formula is C16H21N3O2. The minimum absolute atomic E-state index is 0.0181. The maximum Gasteiger partial charge on any atom is 0.251 e. The molecule has 1 aromatic carbocycles. The van der Waals surface area contributed by atoms with E-state index in [9.17, 15) is 9.59 Å². The van der Waals surface area contributed by atoms with Gasteiger partial charge in [-0.3, -0.25) is 9.59 Å². The summed E-state index contributed by atoms with van der Waals surface area (Å²) >= 11 is 0. The summed E-state index contributed by atoms with van der Waals surface area (Å²) in [6, 6.07) is 7.72. The Labute approximate surface area is 124 Å². The number of nitrogens with one attached hydrogen (secondary N) is 3. The van der Waals surface area contributed by atoms with Gasteiger partial charge in [0.1, 0.15) is 0 Å². The number of hydrogen-bond acceptors (Lipinski definition) is 3. The van der Waals surface area contributed by atoms with Gasteiger partial charge in [-0.2, -0.15) is 0 Å². The molecule has 5 heteroatoms. The molecule has 1 heterocycles. The molecule has 2 fully saturated rings. The number of hydrogen-bond donors (Lipinski definition) is 3. The van der Waals surface area contributed by atoms with E-state index in [0.29, 0.717) is 24.1 Å². The third-order valence-electron chi connectivity index (χ3n) is 3.94. The van der Waals surface area contributed by atoms with Crippen LogP contribution in [0.15, 0.2) is 24.3 Å². The van der Waals surface area contributed by atoms with Crippen LogP contribution in [0.4, 0.5) is 5.69 Å². The van der Waals surface area contributed by atoms with E-state index in [2.05, 4.69) is 16.0 Å². The fourth-order valence-corrected chi connectivity index (χ4v) is 2.57. The van der Waals surface area contributed by atoms with E-state index < -0.39 is 0 Å². The van der Waals surface area contributed by atoms with Crippen LogP contribution in [0.1, 0.15) is 42.5 Å². The second-order valence-corrected chi connectivity index (χ2v) is 5.87. The molecule has 3 rings (SSSR count). The van der Waals surface area contributed by atoms with E-state index in [1.807, 2.05) is 0 Å². The van der Waals surface area contributed by atoms with Crippen molar-refractivity contribution in [3.8, 4) is 0 Å². The number of rotatable bonds is 5. The first-order valence-corrected chi connectivity index (χ1v) is 7.65. The van der Waals surface area contributed by atoms with Crippen LogP contribution in [-0.2, 0) is 4.79 Å². The van der Waals surface area contributed by atoms with E-state index in [0.717, 1.165) is 37.9 Å². The van der Waals surface area contributed by atoms with Crippen LogP contribution in [0.3, 0.4) is 0 Å². The quantitative estimate of drug-likeness (QED) is 0.771. The van der Waals surface area contributed by atoms with Crippen LogP contribution in [0.25, 0.3) is 0 Å². The summed E-state index contributed by atoms with van der Waals surface area (Å²) in [5.74, 6) is -0.0184. The average Bonchev–Trinajstić information content (AvgIpc) is 3.13. The van der Waals surface area contributed by atoms with Crippen molar-refractivity contribution in [1.82, 2.24) is 10.6 Å². The molecule has 5 nitrogen and oxygen atoms in total. The van der Waals surface area contributed by atoms with Gasteiger partial charge in [0, 0.05) is 29.8 Å². The predicted molar refractivity (Wildman–Crippen MR) is 81.2 cm³/mol. The summed E-state index contributed by atoms with van der Waals surface area (Å²) in [4.78, 5) is 23.8. The highest BCUT2D eigenvalue weighted by molar-refractivity contribution is 5.96. The Morgan fingerprint density at radius 1 is 1.14 bits per heavy atom. The van der Waals surface area contributed by atoms with Crippen molar-refractivity contribution in [3.63, 3.8) is 0 Å². The van der Waals surface area contributed by atoms with Gasteiger partial charge in [0.25, 0.3) is 5.91 Å². The van der Waals surface area contributed by atoms with Gasteiger partial charge in [0.2, 0.25) is 5.91 Å². The lowest BCUT2D eigenvalue weighted by Crippen LogP contribution is -2.27. The van der Waals surface area contributed by atoms with Gasteiger partial charge in [-0.05, 0) is 56.5 Å². The Balaban J connectivity index is 1.51. The lowest BCUT2D eigenvalue weighted by atomic mass is 10.1. The molecular weight excluding hydrogens is 266 g/mol. The Kier molecular flexibility index (Phi) is 4.20. The summed E-state index contributed by atoms with van der Waals surface area (Å²) in [5.41, 5.74) is 1.37. The average molecular weight is 287 g/mol. The summed E-state index contributed by atoms with van der Waals surface area (Å²) in [6.07, 6.45) is 4.87. The molecule has 1 aliphatic heterocycles. The fraction of sp³-hybridized carbons (Fsp3) is 0.500. The normalized spacial score (nSPS) is 21.0. The molecule has 21 heavy (non-hydrogen) atoms. The fourth-order valence-electron chi connectivity index (χ4n) is 2.57. The second-order valence-electron chi connectivity index (χ2n) is 5.87. The molecule has 0 bridgehead atoms. The molecule has 0 radical (unpaired) electrons. The van der Waals surface area contributed by atoms with Crippen LogP contribution < -0.4 is 16.0 Å². The molecule has 1 aromatic rings. The lowest BCUT2D eigenvalue weighted by molar-refractivity contribution is -0.116. The standard InChI is InChI=1S/C16H21N3O2/c20-15(10-14-2-1-9-17-14)18-12-5-3-11(4-6-12)16(21)19-13-7-8-13/h3-6,13-14,17H,1-2,7-10H2,(H,18,20)(H,19,21). The van der Waals surface area contributed by atoms with Crippen LogP contribution >= 0.6 is 0 Å². The number of carbonyl (C=O) groups excluding carboxylic acids is 2. The van der Waals surface area contributed by atoms with E-state index in [1.54, 1.807) is 24.3 Å². The predicted octanol–water partition coefficient (Wildman–Crippen LogP) is 1.66. The van der Waals surface area contributed by atoms with Crippen LogP contribution in [-0.4, -0.2) is 30.4 Å². The third kappa shape index (κ3) is 4.04. The van der Waals surface area contributed by atoms with Gasteiger partial charge in [0.15, 0.2) is 0 Å². The molecule has 2 aliphatic rings. The van der Waals surface area contributed by atoms with Crippen LogP contribution in [0, 0.1) is 0 Å². The number of amides is 2. The van der Waals surface area contributed by atoms with Crippen molar-refractivity contribution in [2.45, 2.75) is 44.2 Å². The topological polar surface area (TPSA) is 70.2 Å². The molecule has 3 N–H and O–H groups in total. The van der Waals surface area contributed by atoms with E-state index >= 15 is 0 Å². The SMILES string of the molecule is O=C(CC1CCCN1)Nc1ccc(C(=O)NC2CC2)cc1. The first-order chi connectivity index (χ1) is 10.2. The summed E-state index contributed by atoms with van der Waals surface area (Å²) in [6.45, 7) is 1.00. The highest BCUT2D eigenvalue weighted by Crippen LogP contribution is 2.19. The molecule has 1 unspecified atom stereocenters. The number of anilines is 1. The molecule has 2 amide bonds. The van der Waals surface area contributed by atoms with E-state index in [-0.39, 0.29) is 11.8 Å². The first-order valence-electron chi connectivity index (χ1n) is 7.65. The minimum atomic E-state index is -0.0365. The molecule has 0 spiro atoms. The van der Waals surface area contributed by atoms with E-state index in [1.165, 1.54) is 0 Å². The molecule has 112 valence electrons. The molecule has 1 atom stereocenters. The highest BCUT2D eigenvalue weighted by Gasteiger charge is 2.23. The van der Waals surface area contributed by atoms with Gasteiger partial charge in [0.05, 0.1) is 0 Å². The largest absolute Gasteiger partial charge is 0.349 e. The molecule has 1 aliphatic carbocycles. The van der Waals surface area contributed by atoms with Crippen LogP contribution in [0.2, 0.25) is 0 Å². The van der Waals surface area contributed by atoms with Gasteiger partial charge >= 0.3 is 0 Å². The summed E-state index contributed by atoms with van der Waals surface area (Å²) in [7, 11) is 0. The van der Waals surface area contributed by atoms with Crippen molar-refractivity contribution < 1.29 is 9.59 Å². The Morgan fingerprint density at radius 2 is 1.90 bits per heavy atom. The van der Waals surface area contributed by atoms with Crippen molar-refractivity contribution in [2.24, 2.45) is 0 Å². The number of carbonyl (C=O) groups is 2. The van der Waals surface area contributed by atoms with Gasteiger partial charge in [-0.15, -0.1) is 0 Å². The minimum Gasteiger partial charge on any atom is -0.349 e. The summed E-state index contributed by atoms with van der Waals surface area (Å²) < 4.78 is 0. The van der Waals surface area contributed by atoms with Crippen molar-refractivity contribution >= 4 is 17.5 Å². The first kappa shape index (κ1) is 14.1. The third-order valence-corrected chi connectivity index (χ3v) is 3.94. The van der Waals surface area contributed by atoms with E-state index in [4.69, 9.17) is 0 Å². The maximum absolute atomic E-state index is 11.9. The Morgan fingerprint density at radius 3 is 2.52 bits per heavy atom. The number of benzene rings is 1. The van der Waals surface area contributed by atoms with Crippen molar-refractivity contribution in [1.29, 1.82) is 0 Å². The zero-order valence-corrected chi connectivity index (χ0v) is 12.0. The monoisotopic (exact) mass is 287 g/mol. The molecule has 1 saturated heterocycles. The van der Waals surface area contributed by atoms with Crippen molar-refractivity contribution in [2.75, 3.05) is 11.9 Å². The van der Waals surface area contributed by atoms with Gasteiger partial charge in [-0.1, -0.05) is 0 Å².